The fourth-order valence-electron chi connectivity index (χ4n) is 3.71. The van der Waals surface area contributed by atoms with E-state index < -0.39 is 34.9 Å². The molecule has 0 radical (unpaired) electrons. The zero-order chi connectivity index (χ0) is 23.5. The molecule has 0 aliphatic carbocycles. The minimum atomic E-state index is -4.84. The van der Waals surface area contributed by atoms with E-state index in [9.17, 15) is 27.6 Å². The number of amides is 2. The van der Waals surface area contributed by atoms with Gasteiger partial charge in [-0.3, -0.25) is 14.4 Å². The lowest BCUT2D eigenvalue weighted by molar-refractivity contribution is -0.138. The van der Waals surface area contributed by atoms with Crippen LogP contribution in [-0.2, 0) is 17.5 Å². The minimum absolute atomic E-state index is 0.0478. The van der Waals surface area contributed by atoms with Gasteiger partial charge in [0.05, 0.1) is 23.5 Å². The van der Waals surface area contributed by atoms with Gasteiger partial charge in [-0.25, -0.2) is 5.10 Å². The number of aromatic nitrogens is 3. The largest absolute Gasteiger partial charge is 0.423 e. The van der Waals surface area contributed by atoms with Crippen LogP contribution in [0.1, 0.15) is 29.3 Å². The molecule has 3 heterocycles. The molecule has 2 aromatic heterocycles. The summed E-state index contributed by atoms with van der Waals surface area (Å²) in [5.74, 6) is -0.753. The Kier molecular flexibility index (Phi) is 6.87. The molecule has 0 bridgehead atoms. The van der Waals surface area contributed by atoms with Crippen LogP contribution in [0.2, 0.25) is 0 Å². The number of nitrogens with one attached hydrogen (secondary N) is 3. The SMILES string of the molecule is CC(Cn1ccc(C(=O)N2CCNCC2CC(N)=O)c1)Nc1cn[nH]c(=O)c1C(F)(F)F. The van der Waals surface area contributed by atoms with Crippen LogP contribution >= 0.6 is 0 Å². The number of hydrogen-bond donors (Lipinski definition) is 4. The number of piperazine rings is 1. The van der Waals surface area contributed by atoms with Crippen molar-refractivity contribution >= 4 is 17.5 Å². The van der Waals surface area contributed by atoms with Crippen LogP contribution in [0.4, 0.5) is 18.9 Å². The second kappa shape index (κ2) is 9.42. The fraction of sp³-hybridized carbons (Fsp3) is 0.474. The van der Waals surface area contributed by atoms with Gasteiger partial charge in [0.15, 0.2) is 0 Å². The van der Waals surface area contributed by atoms with Gasteiger partial charge in [-0.15, -0.1) is 0 Å². The summed E-state index contributed by atoms with van der Waals surface area (Å²) in [6.45, 7) is 3.35. The Balaban J connectivity index is 1.69. The number of hydrogen-bond acceptors (Lipinski definition) is 6. The van der Waals surface area contributed by atoms with E-state index in [4.69, 9.17) is 5.73 Å². The second-order valence-electron chi connectivity index (χ2n) is 7.65. The number of nitrogens with zero attached hydrogens (tertiary/aromatic N) is 3. The van der Waals surface area contributed by atoms with Gasteiger partial charge in [0.25, 0.3) is 11.5 Å². The quantitative estimate of drug-likeness (QED) is 0.476. The number of rotatable bonds is 7. The number of halogens is 3. The summed E-state index contributed by atoms with van der Waals surface area (Å²) in [6, 6.07) is 0.743. The Morgan fingerprint density at radius 2 is 2.16 bits per heavy atom. The molecule has 1 saturated heterocycles. The number of anilines is 1. The third-order valence-corrected chi connectivity index (χ3v) is 5.07. The Hall–Kier alpha value is -3.35. The molecule has 2 atom stereocenters. The molecule has 0 saturated carbocycles. The van der Waals surface area contributed by atoms with Crippen molar-refractivity contribution in [3.8, 4) is 0 Å². The van der Waals surface area contributed by atoms with E-state index in [0.29, 0.717) is 25.2 Å². The molecule has 0 aromatic carbocycles. The number of nitrogens with two attached hydrogens (primary N) is 1. The van der Waals surface area contributed by atoms with Crippen LogP contribution in [-0.4, -0.2) is 63.2 Å². The van der Waals surface area contributed by atoms with Crippen molar-refractivity contribution in [2.24, 2.45) is 5.73 Å². The maximum Gasteiger partial charge on any atom is 0.423 e. The molecule has 5 N–H and O–H groups in total. The molecule has 13 heteroatoms. The monoisotopic (exact) mass is 455 g/mol. The standard InChI is InChI=1S/C19H24F3N7O3/c1-11(26-14-8-25-27-17(31)16(14)19(20,21)22)9-28-4-2-12(10-28)18(32)29-5-3-24-7-13(29)6-15(23)30/h2,4,8,10-11,13,24H,3,5-7,9H2,1H3,(H2,23,30)(H2,26,27,31). The van der Waals surface area contributed by atoms with Gasteiger partial charge >= 0.3 is 6.18 Å². The maximum absolute atomic E-state index is 13.2. The molecule has 0 spiro atoms. The average Bonchev–Trinajstić information content (AvgIpc) is 3.14. The van der Waals surface area contributed by atoms with E-state index in [1.54, 1.807) is 39.9 Å². The normalized spacial score (nSPS) is 17.8. The van der Waals surface area contributed by atoms with Crippen molar-refractivity contribution in [1.82, 2.24) is 25.0 Å². The van der Waals surface area contributed by atoms with Crippen LogP contribution in [0.3, 0.4) is 0 Å². The topological polar surface area (TPSA) is 138 Å². The Labute approximate surface area is 181 Å². The van der Waals surface area contributed by atoms with Gasteiger partial charge in [-0.1, -0.05) is 0 Å². The van der Waals surface area contributed by atoms with E-state index in [1.165, 1.54) is 0 Å². The van der Waals surface area contributed by atoms with E-state index >= 15 is 0 Å². The molecule has 32 heavy (non-hydrogen) atoms. The summed E-state index contributed by atoms with van der Waals surface area (Å²) in [7, 11) is 0. The first-order valence-corrected chi connectivity index (χ1v) is 9.93. The molecule has 2 unspecified atom stereocenters. The van der Waals surface area contributed by atoms with Crippen molar-refractivity contribution < 1.29 is 22.8 Å². The highest BCUT2D eigenvalue weighted by Gasteiger charge is 2.37. The van der Waals surface area contributed by atoms with Gasteiger partial charge in [-0.2, -0.15) is 18.3 Å². The average molecular weight is 455 g/mol. The van der Waals surface area contributed by atoms with E-state index in [-0.39, 0.29) is 24.9 Å². The molecular weight excluding hydrogens is 431 g/mol. The van der Waals surface area contributed by atoms with Crippen LogP contribution in [0.15, 0.2) is 29.5 Å². The highest BCUT2D eigenvalue weighted by Crippen LogP contribution is 2.31. The molecule has 3 rings (SSSR count). The lowest BCUT2D eigenvalue weighted by Crippen LogP contribution is -2.54. The fourth-order valence-corrected chi connectivity index (χ4v) is 3.71. The van der Waals surface area contributed by atoms with Crippen LogP contribution < -0.4 is 21.9 Å². The first-order valence-electron chi connectivity index (χ1n) is 9.93. The zero-order valence-corrected chi connectivity index (χ0v) is 17.3. The third-order valence-electron chi connectivity index (χ3n) is 5.07. The Morgan fingerprint density at radius 3 is 2.84 bits per heavy atom. The van der Waals surface area contributed by atoms with Crippen molar-refractivity contribution in [1.29, 1.82) is 0 Å². The molecule has 174 valence electrons. The van der Waals surface area contributed by atoms with Gasteiger partial charge in [0.1, 0.15) is 5.56 Å². The molecule has 2 amide bonds. The summed E-state index contributed by atoms with van der Waals surface area (Å²) in [4.78, 5) is 37.4. The van der Waals surface area contributed by atoms with Gasteiger partial charge in [-0.05, 0) is 13.0 Å². The number of primary amides is 1. The number of H-pyrrole nitrogens is 1. The van der Waals surface area contributed by atoms with E-state index in [1.807, 2.05) is 0 Å². The predicted molar refractivity (Wildman–Crippen MR) is 109 cm³/mol. The Bertz CT molecular complexity index is 1030. The molecule has 10 nitrogen and oxygen atoms in total. The van der Waals surface area contributed by atoms with Gasteiger partial charge in [0, 0.05) is 51.0 Å². The maximum atomic E-state index is 13.2. The summed E-state index contributed by atoms with van der Waals surface area (Å²) in [5, 5.41) is 11.0. The first kappa shape index (κ1) is 23.3. The van der Waals surface area contributed by atoms with Crippen LogP contribution in [0.25, 0.3) is 0 Å². The van der Waals surface area contributed by atoms with Crippen molar-refractivity contribution in [3.63, 3.8) is 0 Å². The summed E-state index contributed by atoms with van der Waals surface area (Å²) in [5.41, 5.74) is 2.57. The van der Waals surface area contributed by atoms with Gasteiger partial charge in [0.2, 0.25) is 5.91 Å². The number of alkyl halides is 3. The number of carbonyl (C=O) groups excluding carboxylic acids is 2. The molecule has 2 aromatic rings. The highest BCUT2D eigenvalue weighted by atomic mass is 19.4. The highest BCUT2D eigenvalue weighted by molar-refractivity contribution is 5.94. The lowest BCUT2D eigenvalue weighted by atomic mass is 10.1. The summed E-state index contributed by atoms with van der Waals surface area (Å²) in [6.07, 6.45) is -0.654. The van der Waals surface area contributed by atoms with Crippen molar-refractivity contribution in [3.05, 3.63) is 46.1 Å². The van der Waals surface area contributed by atoms with Crippen LogP contribution in [0.5, 0.6) is 0 Å². The minimum Gasteiger partial charge on any atom is -0.379 e. The number of carbonyl (C=O) groups is 2. The zero-order valence-electron chi connectivity index (χ0n) is 17.3. The van der Waals surface area contributed by atoms with Crippen molar-refractivity contribution in [2.45, 2.75) is 38.1 Å². The van der Waals surface area contributed by atoms with E-state index in [0.717, 1.165) is 6.20 Å². The molecule has 1 aliphatic heterocycles. The van der Waals surface area contributed by atoms with Gasteiger partial charge < -0.3 is 25.8 Å². The van der Waals surface area contributed by atoms with Crippen molar-refractivity contribution in [2.75, 3.05) is 25.0 Å². The van der Waals surface area contributed by atoms with E-state index in [2.05, 4.69) is 15.7 Å². The smallest absolute Gasteiger partial charge is 0.379 e. The Morgan fingerprint density at radius 1 is 1.41 bits per heavy atom. The molecule has 1 aliphatic rings. The first-order chi connectivity index (χ1) is 15.1. The molecule has 1 fully saturated rings. The summed E-state index contributed by atoms with van der Waals surface area (Å²) < 4.78 is 41.3. The third kappa shape index (κ3) is 5.46. The lowest BCUT2D eigenvalue weighted by Gasteiger charge is -2.35. The second-order valence-corrected chi connectivity index (χ2v) is 7.65. The predicted octanol–water partition coefficient (Wildman–Crippen LogP) is 0.380. The molecular formula is C19H24F3N7O3. The summed E-state index contributed by atoms with van der Waals surface area (Å²) >= 11 is 0. The van der Waals surface area contributed by atoms with Crippen LogP contribution in [0, 0.1) is 0 Å². The number of aromatic amines is 1.